The maximum absolute atomic E-state index is 12.5. The number of methoxy groups -OCH3 is 1. The van der Waals surface area contributed by atoms with Crippen LogP contribution in [0.15, 0.2) is 66.7 Å². The molecule has 0 heterocycles. The van der Waals surface area contributed by atoms with Crippen molar-refractivity contribution in [2.45, 2.75) is 25.5 Å². The number of nitriles is 1. The quantitative estimate of drug-likeness (QED) is 0.468. The Kier molecular flexibility index (Phi) is 6.18. The van der Waals surface area contributed by atoms with E-state index in [1.54, 1.807) is 24.3 Å². The lowest BCUT2D eigenvalue weighted by atomic mass is 10.0. The number of ether oxygens (including phenoxy) is 2. The van der Waals surface area contributed by atoms with Crippen LogP contribution in [-0.4, -0.2) is 25.2 Å². The molecule has 0 radical (unpaired) electrons. The van der Waals surface area contributed by atoms with Crippen LogP contribution in [0.25, 0.3) is 11.1 Å². The van der Waals surface area contributed by atoms with Crippen molar-refractivity contribution < 1.29 is 19.1 Å². The van der Waals surface area contributed by atoms with E-state index in [4.69, 9.17) is 14.7 Å². The fourth-order valence-electron chi connectivity index (χ4n) is 3.97. The van der Waals surface area contributed by atoms with E-state index >= 15 is 0 Å². The predicted octanol–water partition coefficient (Wildman–Crippen LogP) is 4.14. The van der Waals surface area contributed by atoms with Gasteiger partial charge in [0, 0.05) is 6.42 Å². The van der Waals surface area contributed by atoms with Crippen LogP contribution in [0.4, 0.5) is 4.79 Å². The fourth-order valence-corrected chi connectivity index (χ4v) is 3.97. The molecule has 3 aromatic carbocycles. The van der Waals surface area contributed by atoms with Gasteiger partial charge in [0.15, 0.2) is 0 Å². The third-order valence-corrected chi connectivity index (χ3v) is 5.61. The molecule has 6 nitrogen and oxygen atoms in total. The van der Waals surface area contributed by atoms with Gasteiger partial charge in [-0.2, -0.15) is 5.26 Å². The molecule has 1 N–H and O–H groups in total. The van der Waals surface area contributed by atoms with Crippen molar-refractivity contribution in [3.05, 3.63) is 94.5 Å². The van der Waals surface area contributed by atoms with E-state index in [0.717, 1.165) is 28.7 Å². The lowest BCUT2D eigenvalue weighted by molar-refractivity contribution is -0.143. The number of rotatable bonds is 6. The van der Waals surface area contributed by atoms with Crippen LogP contribution in [0, 0.1) is 11.3 Å². The van der Waals surface area contributed by atoms with Crippen LogP contribution in [0.1, 0.15) is 27.8 Å². The van der Waals surface area contributed by atoms with Crippen LogP contribution in [0.3, 0.4) is 0 Å². The number of hydrogen-bond acceptors (Lipinski definition) is 5. The van der Waals surface area contributed by atoms with Crippen LogP contribution in [0.2, 0.25) is 0 Å². The third kappa shape index (κ3) is 4.47. The van der Waals surface area contributed by atoms with Gasteiger partial charge in [0.2, 0.25) is 0 Å². The topological polar surface area (TPSA) is 88.4 Å². The van der Waals surface area contributed by atoms with Crippen LogP contribution >= 0.6 is 0 Å². The van der Waals surface area contributed by atoms with Gasteiger partial charge in [-0.15, -0.1) is 0 Å². The molecule has 1 aliphatic rings. The van der Waals surface area contributed by atoms with E-state index in [1.807, 2.05) is 30.3 Å². The summed E-state index contributed by atoms with van der Waals surface area (Å²) in [6.07, 6.45) is 0.335. The summed E-state index contributed by atoms with van der Waals surface area (Å²) in [5.41, 5.74) is 7.04. The Morgan fingerprint density at radius 2 is 1.78 bits per heavy atom. The van der Waals surface area contributed by atoms with Crippen LogP contribution < -0.4 is 5.32 Å². The Balaban J connectivity index is 1.41. The molecule has 0 saturated heterocycles. The molecule has 6 heteroatoms. The van der Waals surface area contributed by atoms with E-state index in [1.165, 1.54) is 18.2 Å². The summed E-state index contributed by atoms with van der Waals surface area (Å²) in [6, 6.07) is 22.2. The average Bonchev–Trinajstić information content (AvgIpc) is 3.21. The minimum atomic E-state index is -0.897. The zero-order valence-electron chi connectivity index (χ0n) is 17.6. The normalized spacial score (nSPS) is 12.1. The van der Waals surface area contributed by atoms with Gasteiger partial charge in [0.25, 0.3) is 0 Å². The molecule has 0 saturated carbocycles. The number of amides is 1. The highest BCUT2D eigenvalue weighted by molar-refractivity contribution is 5.82. The zero-order valence-corrected chi connectivity index (χ0v) is 17.6. The summed E-state index contributed by atoms with van der Waals surface area (Å²) in [5.74, 6) is -0.567. The molecule has 3 aromatic rings. The van der Waals surface area contributed by atoms with Gasteiger partial charge >= 0.3 is 12.1 Å². The lowest BCUT2D eigenvalue weighted by Crippen LogP contribution is -2.43. The largest absolute Gasteiger partial charge is 0.467 e. The van der Waals surface area contributed by atoms with Crippen LogP contribution in [-0.2, 0) is 33.7 Å². The number of carbonyl (C=O) groups excluding carboxylic acids is 2. The molecular formula is C26H22N2O4. The van der Waals surface area contributed by atoms with Crippen molar-refractivity contribution in [3.63, 3.8) is 0 Å². The Morgan fingerprint density at radius 3 is 2.53 bits per heavy atom. The first-order chi connectivity index (χ1) is 15.6. The summed E-state index contributed by atoms with van der Waals surface area (Å²) in [6.45, 7) is 0.105. The number of hydrogen-bond donors (Lipinski definition) is 1. The number of nitrogens with one attached hydrogen (secondary N) is 1. The number of fused-ring (bicyclic) bond motifs is 3. The molecule has 32 heavy (non-hydrogen) atoms. The predicted molar refractivity (Wildman–Crippen MR) is 119 cm³/mol. The number of carbonyl (C=O) groups is 2. The van der Waals surface area contributed by atoms with E-state index in [0.29, 0.717) is 5.56 Å². The van der Waals surface area contributed by atoms with Gasteiger partial charge in [-0.1, -0.05) is 54.6 Å². The molecule has 0 unspecified atom stereocenters. The second-order valence-corrected chi connectivity index (χ2v) is 7.59. The summed E-state index contributed by atoms with van der Waals surface area (Å²) in [5, 5.41) is 11.5. The van der Waals surface area contributed by atoms with Gasteiger partial charge in [-0.25, -0.2) is 9.59 Å². The second kappa shape index (κ2) is 9.36. The SMILES string of the molecule is COC(=O)[C@H](Cc1ccc(C#N)cc1)NC(=O)OCc1cccc2c1Cc1ccccc1-2. The number of alkyl carbamates (subject to hydrolysis) is 1. The van der Waals surface area contributed by atoms with E-state index in [-0.39, 0.29) is 13.0 Å². The smallest absolute Gasteiger partial charge is 0.408 e. The summed E-state index contributed by atoms with van der Waals surface area (Å²) < 4.78 is 10.3. The lowest BCUT2D eigenvalue weighted by Gasteiger charge is -2.17. The molecule has 0 spiro atoms. The van der Waals surface area contributed by atoms with E-state index in [9.17, 15) is 9.59 Å². The van der Waals surface area contributed by atoms with Gasteiger partial charge < -0.3 is 14.8 Å². The first-order valence-electron chi connectivity index (χ1n) is 10.3. The highest BCUT2D eigenvalue weighted by Crippen LogP contribution is 2.38. The highest BCUT2D eigenvalue weighted by atomic mass is 16.6. The van der Waals surface area contributed by atoms with Gasteiger partial charge in [-0.05, 0) is 51.9 Å². The Hall–Kier alpha value is -4.11. The van der Waals surface area contributed by atoms with Gasteiger partial charge in [0.05, 0.1) is 18.7 Å². The van der Waals surface area contributed by atoms with Gasteiger partial charge in [-0.3, -0.25) is 0 Å². The molecular weight excluding hydrogens is 404 g/mol. The molecule has 1 atom stereocenters. The average molecular weight is 426 g/mol. The summed E-state index contributed by atoms with van der Waals surface area (Å²) in [4.78, 5) is 24.7. The molecule has 0 aromatic heterocycles. The Bertz CT molecular complexity index is 1200. The summed E-state index contributed by atoms with van der Waals surface area (Å²) >= 11 is 0. The van der Waals surface area contributed by atoms with Crippen molar-refractivity contribution in [1.29, 1.82) is 5.26 Å². The first-order valence-corrected chi connectivity index (χ1v) is 10.3. The zero-order chi connectivity index (χ0) is 22.5. The van der Waals surface area contributed by atoms with Crippen molar-refractivity contribution in [2.75, 3.05) is 7.11 Å². The number of nitrogens with zero attached hydrogens (tertiary/aromatic N) is 1. The third-order valence-electron chi connectivity index (χ3n) is 5.61. The molecule has 160 valence electrons. The van der Waals surface area contributed by atoms with Crippen molar-refractivity contribution in [3.8, 4) is 17.2 Å². The second-order valence-electron chi connectivity index (χ2n) is 7.59. The Morgan fingerprint density at radius 1 is 1.03 bits per heavy atom. The van der Waals surface area contributed by atoms with Crippen molar-refractivity contribution >= 4 is 12.1 Å². The minimum Gasteiger partial charge on any atom is -0.467 e. The van der Waals surface area contributed by atoms with Gasteiger partial charge in [0.1, 0.15) is 12.6 Å². The monoisotopic (exact) mass is 426 g/mol. The molecule has 0 bridgehead atoms. The minimum absolute atomic E-state index is 0.105. The van der Waals surface area contributed by atoms with Crippen molar-refractivity contribution in [2.24, 2.45) is 0 Å². The molecule has 1 amide bonds. The number of benzene rings is 3. The standard InChI is InChI=1S/C26H22N2O4/c1-31-25(29)24(13-17-9-11-18(15-27)12-10-17)28-26(30)32-16-20-6-4-8-22-21-7-3-2-5-19(21)14-23(20)22/h2-12,24H,13-14,16H2,1H3,(H,28,30)/t24-/m0/s1. The maximum Gasteiger partial charge on any atom is 0.408 e. The number of esters is 1. The Labute approximate surface area is 186 Å². The molecule has 1 aliphatic carbocycles. The van der Waals surface area contributed by atoms with Crippen LogP contribution in [0.5, 0.6) is 0 Å². The highest BCUT2D eigenvalue weighted by Gasteiger charge is 2.24. The van der Waals surface area contributed by atoms with E-state index in [2.05, 4.69) is 23.5 Å². The van der Waals surface area contributed by atoms with Crippen molar-refractivity contribution in [1.82, 2.24) is 5.32 Å². The fraction of sp³-hybridized carbons (Fsp3) is 0.192. The van der Waals surface area contributed by atoms with E-state index < -0.39 is 18.1 Å². The molecule has 0 aliphatic heterocycles. The molecule has 4 rings (SSSR count). The maximum atomic E-state index is 12.5. The summed E-state index contributed by atoms with van der Waals surface area (Å²) in [7, 11) is 1.27. The molecule has 0 fully saturated rings. The first kappa shape index (κ1) is 21.1.